The number of hydrogen-bond acceptors (Lipinski definition) is 2. The Labute approximate surface area is 131 Å². The lowest BCUT2D eigenvalue weighted by Gasteiger charge is -2.56. The van der Waals surface area contributed by atoms with Gasteiger partial charge in [0.05, 0.1) is 0 Å². The van der Waals surface area contributed by atoms with Crippen LogP contribution in [0.2, 0.25) is 0 Å². The molecule has 4 bridgehead atoms. The van der Waals surface area contributed by atoms with Gasteiger partial charge in [0.15, 0.2) is 0 Å². The number of carbonyl (C=O) groups is 1. The van der Waals surface area contributed by atoms with E-state index in [2.05, 4.69) is 11.4 Å². The molecule has 6 rings (SSSR count). The van der Waals surface area contributed by atoms with Gasteiger partial charge in [-0.25, -0.2) is 0 Å². The van der Waals surface area contributed by atoms with Crippen molar-refractivity contribution < 1.29 is 4.79 Å². The SMILES string of the molecule is O=C(C1CCCc2sccc21)C12CC3CC(CC(C3)C1)C2. The zero-order valence-corrected chi connectivity index (χ0v) is 13.5. The van der Waals surface area contributed by atoms with Gasteiger partial charge in [-0.2, -0.15) is 0 Å². The van der Waals surface area contributed by atoms with Crippen molar-refractivity contribution in [2.24, 2.45) is 23.2 Å². The maximum Gasteiger partial charge on any atom is 0.146 e. The molecule has 0 saturated heterocycles. The summed E-state index contributed by atoms with van der Waals surface area (Å²) in [4.78, 5) is 15.0. The number of aryl methyl sites for hydroxylation is 1. The van der Waals surface area contributed by atoms with Gasteiger partial charge in [-0.05, 0) is 92.6 Å². The van der Waals surface area contributed by atoms with Gasteiger partial charge in [-0.15, -0.1) is 11.3 Å². The van der Waals surface area contributed by atoms with Crippen LogP contribution in [0, 0.1) is 23.2 Å². The molecule has 112 valence electrons. The maximum absolute atomic E-state index is 13.5. The molecule has 1 aromatic rings. The predicted octanol–water partition coefficient (Wildman–Crippen LogP) is 4.95. The Balaban J connectivity index is 1.50. The first-order chi connectivity index (χ1) is 10.2. The molecule has 5 aliphatic carbocycles. The first kappa shape index (κ1) is 12.9. The third-order valence-corrected chi connectivity index (χ3v) is 7.93. The summed E-state index contributed by atoms with van der Waals surface area (Å²) in [5.74, 6) is 3.54. The molecule has 4 saturated carbocycles. The van der Waals surface area contributed by atoms with Crippen molar-refractivity contribution in [1.82, 2.24) is 0 Å². The molecular weight excluding hydrogens is 276 g/mol. The highest BCUT2D eigenvalue weighted by Crippen LogP contribution is 2.61. The van der Waals surface area contributed by atoms with E-state index >= 15 is 0 Å². The van der Waals surface area contributed by atoms with Crippen LogP contribution in [0.1, 0.15) is 67.7 Å². The van der Waals surface area contributed by atoms with Gasteiger partial charge in [-0.3, -0.25) is 4.79 Å². The molecule has 1 heterocycles. The van der Waals surface area contributed by atoms with Gasteiger partial charge in [0, 0.05) is 16.2 Å². The number of thiophene rings is 1. The third-order valence-electron chi connectivity index (χ3n) is 6.93. The van der Waals surface area contributed by atoms with Gasteiger partial charge in [0.2, 0.25) is 0 Å². The summed E-state index contributed by atoms with van der Waals surface area (Å²) in [5, 5.41) is 2.20. The quantitative estimate of drug-likeness (QED) is 0.755. The van der Waals surface area contributed by atoms with Crippen LogP contribution >= 0.6 is 11.3 Å². The molecule has 4 fully saturated rings. The Kier molecular flexibility index (Phi) is 2.72. The van der Waals surface area contributed by atoms with E-state index in [1.807, 2.05) is 11.3 Å². The summed E-state index contributed by atoms with van der Waals surface area (Å²) < 4.78 is 0. The molecule has 0 aromatic carbocycles. The highest BCUT2D eigenvalue weighted by molar-refractivity contribution is 7.10. The molecule has 1 atom stereocenters. The molecular formula is C19H24OS. The fraction of sp³-hybridized carbons (Fsp3) is 0.737. The fourth-order valence-electron chi connectivity index (χ4n) is 6.54. The van der Waals surface area contributed by atoms with Crippen LogP contribution in [0.4, 0.5) is 0 Å². The van der Waals surface area contributed by atoms with Gasteiger partial charge in [0.1, 0.15) is 5.78 Å². The van der Waals surface area contributed by atoms with Gasteiger partial charge >= 0.3 is 0 Å². The summed E-state index contributed by atoms with van der Waals surface area (Å²) >= 11 is 1.87. The largest absolute Gasteiger partial charge is 0.298 e. The van der Waals surface area contributed by atoms with Crippen LogP contribution < -0.4 is 0 Å². The number of rotatable bonds is 2. The molecule has 1 nitrogen and oxygen atoms in total. The van der Waals surface area contributed by atoms with Crippen LogP contribution in [-0.4, -0.2) is 5.78 Å². The van der Waals surface area contributed by atoms with E-state index in [0.29, 0.717) is 5.78 Å². The summed E-state index contributed by atoms with van der Waals surface area (Å²) in [6.07, 6.45) is 11.5. The van der Waals surface area contributed by atoms with E-state index in [1.165, 1.54) is 61.8 Å². The zero-order chi connectivity index (χ0) is 14.0. The highest BCUT2D eigenvalue weighted by Gasteiger charge is 2.55. The number of hydrogen-bond donors (Lipinski definition) is 0. The first-order valence-electron chi connectivity index (χ1n) is 8.84. The van der Waals surface area contributed by atoms with E-state index in [9.17, 15) is 4.79 Å². The van der Waals surface area contributed by atoms with Gasteiger partial charge < -0.3 is 0 Å². The van der Waals surface area contributed by atoms with Crippen molar-refractivity contribution in [1.29, 1.82) is 0 Å². The standard InChI is InChI=1S/C19H24OS/c20-18(16-2-1-3-17-15(16)4-5-21-17)19-9-12-6-13(10-19)8-14(7-12)11-19/h4-5,12-14,16H,1-3,6-11H2. The lowest BCUT2D eigenvalue weighted by atomic mass is 9.47. The minimum atomic E-state index is 0.0932. The zero-order valence-electron chi connectivity index (χ0n) is 12.6. The van der Waals surface area contributed by atoms with E-state index in [4.69, 9.17) is 0 Å². The molecule has 0 spiro atoms. The van der Waals surface area contributed by atoms with Crippen molar-refractivity contribution >= 4 is 17.1 Å². The van der Waals surface area contributed by atoms with Crippen molar-refractivity contribution in [2.45, 2.75) is 63.7 Å². The second kappa shape index (κ2) is 4.44. The van der Waals surface area contributed by atoms with Crippen LogP contribution in [-0.2, 0) is 11.2 Å². The minimum Gasteiger partial charge on any atom is -0.298 e. The smallest absolute Gasteiger partial charge is 0.146 e. The van der Waals surface area contributed by atoms with Crippen molar-refractivity contribution in [2.75, 3.05) is 0 Å². The summed E-state index contributed by atoms with van der Waals surface area (Å²) in [6.45, 7) is 0. The Morgan fingerprint density at radius 2 is 1.76 bits per heavy atom. The number of Topliss-reactive ketones (excluding diaryl/α,β-unsaturated/α-hetero) is 1. The normalized spacial score (nSPS) is 43.8. The monoisotopic (exact) mass is 300 g/mol. The molecule has 1 unspecified atom stereocenters. The van der Waals surface area contributed by atoms with Crippen molar-refractivity contribution in [3.63, 3.8) is 0 Å². The van der Waals surface area contributed by atoms with Crippen LogP contribution in [0.5, 0.6) is 0 Å². The van der Waals surface area contributed by atoms with E-state index in [1.54, 1.807) is 0 Å². The third kappa shape index (κ3) is 1.84. The summed E-state index contributed by atoms with van der Waals surface area (Å²) in [7, 11) is 0. The lowest BCUT2D eigenvalue weighted by Crippen LogP contribution is -2.51. The van der Waals surface area contributed by atoms with Gasteiger partial charge in [0.25, 0.3) is 0 Å². The van der Waals surface area contributed by atoms with E-state index in [-0.39, 0.29) is 11.3 Å². The minimum absolute atomic E-state index is 0.0932. The molecule has 0 aliphatic heterocycles. The Bertz CT molecular complexity index is 549. The summed E-state index contributed by atoms with van der Waals surface area (Å²) in [6, 6.07) is 2.25. The van der Waals surface area contributed by atoms with Crippen molar-refractivity contribution in [3.05, 3.63) is 21.9 Å². The van der Waals surface area contributed by atoms with Crippen LogP contribution in [0.15, 0.2) is 11.4 Å². The maximum atomic E-state index is 13.5. The molecule has 1 aromatic heterocycles. The second-order valence-corrected chi connectivity index (χ2v) is 9.31. The Morgan fingerprint density at radius 1 is 1.10 bits per heavy atom. The van der Waals surface area contributed by atoms with Crippen LogP contribution in [0.3, 0.4) is 0 Å². The van der Waals surface area contributed by atoms with E-state index < -0.39 is 0 Å². The first-order valence-corrected chi connectivity index (χ1v) is 9.72. The topological polar surface area (TPSA) is 17.1 Å². The molecule has 0 radical (unpaired) electrons. The molecule has 21 heavy (non-hydrogen) atoms. The Hall–Kier alpha value is -0.630. The number of fused-ring (bicyclic) bond motifs is 1. The van der Waals surface area contributed by atoms with E-state index in [0.717, 1.165) is 24.2 Å². The number of ketones is 1. The molecule has 5 aliphatic rings. The average molecular weight is 300 g/mol. The average Bonchev–Trinajstić information content (AvgIpc) is 2.93. The molecule has 0 N–H and O–H groups in total. The van der Waals surface area contributed by atoms with Gasteiger partial charge in [-0.1, -0.05) is 0 Å². The fourth-order valence-corrected chi connectivity index (χ4v) is 7.53. The molecule has 0 amide bonds. The summed E-state index contributed by atoms with van der Waals surface area (Å²) in [5.41, 5.74) is 1.50. The highest BCUT2D eigenvalue weighted by atomic mass is 32.1. The Morgan fingerprint density at radius 3 is 2.43 bits per heavy atom. The number of carbonyl (C=O) groups excluding carboxylic acids is 1. The molecule has 2 heteroatoms. The predicted molar refractivity (Wildman–Crippen MR) is 85.6 cm³/mol. The van der Waals surface area contributed by atoms with Crippen LogP contribution in [0.25, 0.3) is 0 Å². The second-order valence-electron chi connectivity index (χ2n) is 8.31. The van der Waals surface area contributed by atoms with Crippen molar-refractivity contribution in [3.8, 4) is 0 Å². The lowest BCUT2D eigenvalue weighted by molar-refractivity contribution is -0.145.